The van der Waals surface area contributed by atoms with Gasteiger partial charge in [-0.3, -0.25) is 14.9 Å². The van der Waals surface area contributed by atoms with Crippen molar-refractivity contribution in [2.75, 3.05) is 4.90 Å². The van der Waals surface area contributed by atoms with Crippen molar-refractivity contribution < 1.29 is 23.9 Å². The molecule has 44 heavy (non-hydrogen) atoms. The molecule has 0 spiro atoms. The van der Waals surface area contributed by atoms with Crippen molar-refractivity contribution >= 4 is 52.0 Å². The molecule has 0 aliphatic carbocycles. The Morgan fingerprint density at radius 2 is 1.41 bits per heavy atom. The third-order valence-electron chi connectivity index (χ3n) is 7.36. The van der Waals surface area contributed by atoms with Gasteiger partial charge in [0.15, 0.2) is 0 Å². The van der Waals surface area contributed by atoms with Crippen LogP contribution in [0.5, 0.6) is 11.5 Å². The number of hydrogen-bond acceptors (Lipinski definition) is 5. The highest BCUT2D eigenvalue weighted by atomic mass is 35.5. The molecule has 5 aromatic rings. The van der Waals surface area contributed by atoms with Gasteiger partial charge in [-0.05, 0) is 89.0 Å². The zero-order valence-electron chi connectivity index (χ0n) is 23.8. The molecule has 6 rings (SSSR count). The fourth-order valence-corrected chi connectivity index (χ4v) is 5.08. The molecule has 1 aliphatic heterocycles. The Hall–Kier alpha value is -5.40. The van der Waals surface area contributed by atoms with E-state index in [-0.39, 0.29) is 5.57 Å². The van der Waals surface area contributed by atoms with Crippen LogP contribution in [0.1, 0.15) is 22.3 Å². The third-order valence-corrected chi connectivity index (χ3v) is 7.62. The molecule has 1 N–H and O–H groups in total. The van der Waals surface area contributed by atoms with Gasteiger partial charge in [0, 0.05) is 10.6 Å². The highest BCUT2D eigenvalue weighted by Gasteiger charge is 2.36. The van der Waals surface area contributed by atoms with Crippen molar-refractivity contribution in [1.29, 1.82) is 0 Å². The van der Waals surface area contributed by atoms with Gasteiger partial charge in [0.1, 0.15) is 30.3 Å². The molecule has 1 saturated heterocycles. The molecule has 7 nitrogen and oxygen atoms in total. The summed E-state index contributed by atoms with van der Waals surface area (Å²) in [5.41, 5.74) is 3.95. The first kappa shape index (κ1) is 28.7. The quantitative estimate of drug-likeness (QED) is 0.146. The second-order valence-corrected chi connectivity index (χ2v) is 10.7. The van der Waals surface area contributed by atoms with E-state index in [1.54, 1.807) is 60.7 Å². The Morgan fingerprint density at radius 3 is 2.14 bits per heavy atom. The number of imide groups is 2. The van der Waals surface area contributed by atoms with Gasteiger partial charge < -0.3 is 9.47 Å². The number of ether oxygens (including phenoxy) is 2. The summed E-state index contributed by atoms with van der Waals surface area (Å²) in [4.78, 5) is 39.6. The summed E-state index contributed by atoms with van der Waals surface area (Å²) in [6.45, 7) is 2.79. The molecular formula is C36H27ClN2O5. The number of halogens is 1. The van der Waals surface area contributed by atoms with Crippen LogP contribution in [0.25, 0.3) is 16.8 Å². The number of aryl methyl sites for hydroxylation is 1. The minimum atomic E-state index is -0.820. The van der Waals surface area contributed by atoms with Crippen LogP contribution in [0.4, 0.5) is 10.5 Å². The third kappa shape index (κ3) is 6.19. The van der Waals surface area contributed by atoms with E-state index < -0.39 is 17.8 Å². The van der Waals surface area contributed by atoms with Gasteiger partial charge >= 0.3 is 6.03 Å². The van der Waals surface area contributed by atoms with Crippen LogP contribution < -0.4 is 19.7 Å². The Kier molecular flexibility index (Phi) is 8.12. The Labute approximate surface area is 259 Å². The van der Waals surface area contributed by atoms with Crippen LogP contribution >= 0.6 is 11.6 Å². The number of fused-ring (bicyclic) bond motifs is 1. The Morgan fingerprint density at radius 1 is 0.750 bits per heavy atom. The maximum absolute atomic E-state index is 13.3. The zero-order chi connectivity index (χ0) is 30.6. The molecule has 0 atom stereocenters. The molecule has 1 heterocycles. The van der Waals surface area contributed by atoms with E-state index in [1.165, 1.54) is 6.08 Å². The van der Waals surface area contributed by atoms with Crippen LogP contribution in [-0.2, 0) is 22.8 Å². The number of amides is 4. The number of rotatable bonds is 8. The molecule has 8 heteroatoms. The van der Waals surface area contributed by atoms with Gasteiger partial charge in [0.2, 0.25) is 0 Å². The lowest BCUT2D eigenvalue weighted by molar-refractivity contribution is -0.122. The van der Waals surface area contributed by atoms with Crippen molar-refractivity contribution in [1.82, 2.24) is 5.32 Å². The SMILES string of the molecule is Cc1ccc2ccccc2c1COc1ccc(/C=C2\C(=O)NC(=O)N(c3ccc(OCc4ccc(Cl)cc4)cc3)C2=O)cc1. The van der Waals surface area contributed by atoms with Gasteiger partial charge in [-0.1, -0.05) is 72.3 Å². The van der Waals surface area contributed by atoms with Crippen molar-refractivity contribution in [2.24, 2.45) is 0 Å². The minimum Gasteiger partial charge on any atom is -0.489 e. The van der Waals surface area contributed by atoms with Crippen molar-refractivity contribution in [3.63, 3.8) is 0 Å². The number of anilines is 1. The lowest BCUT2D eigenvalue weighted by Crippen LogP contribution is -2.54. The maximum Gasteiger partial charge on any atom is 0.335 e. The number of nitrogens with one attached hydrogen (secondary N) is 1. The van der Waals surface area contributed by atoms with Gasteiger partial charge in [0.25, 0.3) is 11.8 Å². The number of hydrogen-bond donors (Lipinski definition) is 1. The van der Waals surface area contributed by atoms with Crippen molar-refractivity contribution in [2.45, 2.75) is 20.1 Å². The second kappa shape index (κ2) is 12.5. The first-order valence-electron chi connectivity index (χ1n) is 13.9. The number of urea groups is 1. The van der Waals surface area contributed by atoms with E-state index >= 15 is 0 Å². The molecule has 218 valence electrons. The monoisotopic (exact) mass is 602 g/mol. The molecule has 0 radical (unpaired) electrons. The zero-order valence-corrected chi connectivity index (χ0v) is 24.5. The van der Waals surface area contributed by atoms with E-state index in [4.69, 9.17) is 21.1 Å². The van der Waals surface area contributed by atoms with E-state index in [1.807, 2.05) is 24.3 Å². The first-order valence-corrected chi connectivity index (χ1v) is 14.3. The predicted octanol–water partition coefficient (Wildman–Crippen LogP) is 7.63. The maximum atomic E-state index is 13.3. The number of benzene rings is 5. The smallest absolute Gasteiger partial charge is 0.335 e. The number of barbiturate groups is 1. The molecule has 0 aromatic heterocycles. The van der Waals surface area contributed by atoms with Gasteiger partial charge in [-0.2, -0.15) is 0 Å². The summed E-state index contributed by atoms with van der Waals surface area (Å²) in [5.74, 6) is -0.279. The van der Waals surface area contributed by atoms with Crippen molar-refractivity contribution in [3.8, 4) is 11.5 Å². The highest BCUT2D eigenvalue weighted by molar-refractivity contribution is 6.39. The lowest BCUT2D eigenvalue weighted by Gasteiger charge is -2.26. The van der Waals surface area contributed by atoms with Gasteiger partial charge in [-0.25, -0.2) is 9.69 Å². The summed E-state index contributed by atoms with van der Waals surface area (Å²) in [6, 6.07) is 32.4. The van der Waals surface area contributed by atoms with E-state index in [0.717, 1.165) is 32.4 Å². The average molecular weight is 603 g/mol. The molecule has 0 saturated carbocycles. The lowest BCUT2D eigenvalue weighted by atomic mass is 10.0. The van der Waals surface area contributed by atoms with Crippen LogP contribution in [-0.4, -0.2) is 17.8 Å². The molecule has 5 aromatic carbocycles. The predicted molar refractivity (Wildman–Crippen MR) is 171 cm³/mol. The highest BCUT2D eigenvalue weighted by Crippen LogP contribution is 2.27. The fourth-order valence-electron chi connectivity index (χ4n) is 4.95. The molecule has 1 fully saturated rings. The number of carbonyl (C=O) groups excluding carboxylic acids is 3. The number of carbonyl (C=O) groups is 3. The van der Waals surface area contributed by atoms with Gasteiger partial charge in [0.05, 0.1) is 5.69 Å². The Bertz CT molecular complexity index is 1900. The van der Waals surface area contributed by atoms with Crippen LogP contribution in [0.3, 0.4) is 0 Å². The topological polar surface area (TPSA) is 84.9 Å². The summed E-state index contributed by atoms with van der Waals surface area (Å²) < 4.78 is 11.9. The van der Waals surface area contributed by atoms with E-state index in [0.29, 0.717) is 41.0 Å². The molecule has 1 aliphatic rings. The van der Waals surface area contributed by atoms with Crippen LogP contribution in [0.2, 0.25) is 5.02 Å². The summed E-state index contributed by atoms with van der Waals surface area (Å²) in [5, 5.41) is 5.20. The van der Waals surface area contributed by atoms with Crippen LogP contribution in [0.15, 0.2) is 115 Å². The number of nitrogens with zero attached hydrogens (tertiary/aromatic N) is 1. The van der Waals surface area contributed by atoms with E-state index in [9.17, 15) is 14.4 Å². The standard InChI is InChI=1S/C36H27ClN2O5/c1-23-6-11-26-4-2-3-5-31(26)33(23)22-44-29-16-9-24(10-17-29)20-32-34(40)38-36(42)39(35(32)41)28-14-18-30(19-15-28)43-21-25-7-12-27(37)13-8-25/h2-20H,21-22H2,1H3,(H,38,40,42)/b32-20+. The largest absolute Gasteiger partial charge is 0.489 e. The average Bonchev–Trinajstić information content (AvgIpc) is 3.03. The summed E-state index contributed by atoms with van der Waals surface area (Å²) >= 11 is 5.93. The van der Waals surface area contributed by atoms with E-state index in [2.05, 4.69) is 36.5 Å². The normalized spacial score (nSPS) is 14.2. The second-order valence-electron chi connectivity index (χ2n) is 10.3. The molecule has 0 bridgehead atoms. The fraction of sp³-hybridized carbons (Fsp3) is 0.0833. The molecular weight excluding hydrogens is 576 g/mol. The van der Waals surface area contributed by atoms with Crippen molar-refractivity contribution in [3.05, 3.63) is 142 Å². The van der Waals surface area contributed by atoms with Gasteiger partial charge in [-0.15, -0.1) is 0 Å². The summed E-state index contributed by atoms with van der Waals surface area (Å²) in [6.07, 6.45) is 1.46. The molecule has 0 unspecified atom stereocenters. The Balaban J connectivity index is 1.14. The molecule has 4 amide bonds. The minimum absolute atomic E-state index is 0.160. The summed E-state index contributed by atoms with van der Waals surface area (Å²) in [7, 11) is 0. The van der Waals surface area contributed by atoms with Crippen LogP contribution in [0, 0.1) is 6.92 Å². The first-order chi connectivity index (χ1) is 21.4.